The summed E-state index contributed by atoms with van der Waals surface area (Å²) in [5.74, 6) is -0.140. The standard InChI is InChI=1S/C12H14N4OS/c1-13-7-6-9-4-2-3-5-10(9)11(17)15-12-16-14-8-18-12/h2-5,8,13H,6-7H2,1H3,(H,15,16,17). The molecule has 5 nitrogen and oxygen atoms in total. The van der Waals surface area contributed by atoms with Gasteiger partial charge in [-0.15, -0.1) is 10.2 Å². The Kier molecular flexibility index (Phi) is 4.38. The highest BCUT2D eigenvalue weighted by Crippen LogP contribution is 2.14. The Bertz CT molecular complexity index is 513. The van der Waals surface area contributed by atoms with Gasteiger partial charge in [0.05, 0.1) is 0 Å². The predicted octanol–water partition coefficient (Wildman–Crippen LogP) is 1.55. The van der Waals surface area contributed by atoms with Crippen LogP contribution in [0.1, 0.15) is 15.9 Å². The van der Waals surface area contributed by atoms with Crippen LogP contribution in [0.2, 0.25) is 0 Å². The van der Waals surface area contributed by atoms with Crippen molar-refractivity contribution in [3.63, 3.8) is 0 Å². The largest absolute Gasteiger partial charge is 0.319 e. The van der Waals surface area contributed by atoms with E-state index < -0.39 is 0 Å². The van der Waals surface area contributed by atoms with Crippen molar-refractivity contribution in [1.82, 2.24) is 15.5 Å². The molecule has 2 aromatic rings. The minimum atomic E-state index is -0.140. The van der Waals surface area contributed by atoms with E-state index in [1.807, 2.05) is 31.3 Å². The highest BCUT2D eigenvalue weighted by Gasteiger charge is 2.11. The molecular weight excluding hydrogens is 248 g/mol. The van der Waals surface area contributed by atoms with Crippen LogP contribution in [0.15, 0.2) is 29.8 Å². The highest BCUT2D eigenvalue weighted by molar-refractivity contribution is 7.13. The summed E-state index contributed by atoms with van der Waals surface area (Å²) in [6.07, 6.45) is 0.816. The van der Waals surface area contributed by atoms with Crippen molar-refractivity contribution >= 4 is 22.4 Å². The van der Waals surface area contributed by atoms with Crippen molar-refractivity contribution < 1.29 is 4.79 Å². The molecule has 1 aromatic carbocycles. The minimum absolute atomic E-state index is 0.140. The van der Waals surface area contributed by atoms with Gasteiger partial charge in [0, 0.05) is 5.56 Å². The maximum Gasteiger partial charge on any atom is 0.257 e. The minimum Gasteiger partial charge on any atom is -0.319 e. The number of carbonyl (C=O) groups is 1. The molecule has 1 amide bonds. The molecule has 6 heteroatoms. The van der Waals surface area contributed by atoms with E-state index in [0.717, 1.165) is 18.5 Å². The van der Waals surface area contributed by atoms with Gasteiger partial charge in [-0.25, -0.2) is 0 Å². The van der Waals surface area contributed by atoms with Crippen LogP contribution < -0.4 is 10.6 Å². The van der Waals surface area contributed by atoms with Crippen LogP contribution in [-0.4, -0.2) is 29.7 Å². The maximum atomic E-state index is 12.1. The monoisotopic (exact) mass is 262 g/mol. The second-order valence-electron chi connectivity index (χ2n) is 3.71. The summed E-state index contributed by atoms with van der Waals surface area (Å²) in [5, 5.41) is 13.8. The van der Waals surface area contributed by atoms with E-state index >= 15 is 0 Å². The lowest BCUT2D eigenvalue weighted by Gasteiger charge is -2.08. The number of amides is 1. The van der Waals surface area contributed by atoms with Gasteiger partial charge in [-0.05, 0) is 31.6 Å². The first-order chi connectivity index (χ1) is 8.81. The average Bonchev–Trinajstić information content (AvgIpc) is 2.89. The van der Waals surface area contributed by atoms with Crippen LogP contribution in [0.4, 0.5) is 5.13 Å². The van der Waals surface area contributed by atoms with Crippen molar-refractivity contribution in [2.24, 2.45) is 0 Å². The first-order valence-electron chi connectivity index (χ1n) is 5.61. The molecule has 2 N–H and O–H groups in total. The summed E-state index contributed by atoms with van der Waals surface area (Å²) < 4.78 is 0. The number of likely N-dealkylation sites (N-methyl/N-ethyl adjacent to an activating group) is 1. The number of benzene rings is 1. The van der Waals surface area contributed by atoms with E-state index in [2.05, 4.69) is 20.8 Å². The lowest BCUT2D eigenvalue weighted by molar-refractivity contribution is 0.102. The molecule has 0 bridgehead atoms. The zero-order valence-corrected chi connectivity index (χ0v) is 10.8. The van der Waals surface area contributed by atoms with E-state index in [1.54, 1.807) is 5.51 Å². The quantitative estimate of drug-likeness (QED) is 0.858. The zero-order valence-electron chi connectivity index (χ0n) is 10.0. The number of rotatable bonds is 5. The number of nitrogens with zero attached hydrogens (tertiary/aromatic N) is 2. The summed E-state index contributed by atoms with van der Waals surface area (Å²) in [5.41, 5.74) is 3.29. The fourth-order valence-corrected chi connectivity index (χ4v) is 2.05. The number of anilines is 1. The molecule has 2 rings (SSSR count). The molecule has 0 atom stereocenters. The van der Waals surface area contributed by atoms with Crippen molar-refractivity contribution in [3.8, 4) is 0 Å². The first-order valence-corrected chi connectivity index (χ1v) is 6.49. The van der Waals surface area contributed by atoms with Crippen molar-refractivity contribution in [3.05, 3.63) is 40.9 Å². The summed E-state index contributed by atoms with van der Waals surface area (Å²) in [6.45, 7) is 0.836. The summed E-state index contributed by atoms with van der Waals surface area (Å²) >= 11 is 1.30. The van der Waals surface area contributed by atoms with Crippen LogP contribution in [-0.2, 0) is 6.42 Å². The Morgan fingerprint density at radius 2 is 2.22 bits per heavy atom. The predicted molar refractivity (Wildman–Crippen MR) is 71.9 cm³/mol. The number of hydrogen-bond donors (Lipinski definition) is 2. The summed E-state index contributed by atoms with van der Waals surface area (Å²) in [6, 6.07) is 7.58. The molecular formula is C12H14N4OS. The molecule has 0 spiro atoms. The fourth-order valence-electron chi connectivity index (χ4n) is 1.61. The molecule has 18 heavy (non-hydrogen) atoms. The lowest BCUT2D eigenvalue weighted by atomic mass is 10.0. The van der Waals surface area contributed by atoms with E-state index in [1.165, 1.54) is 11.3 Å². The van der Waals surface area contributed by atoms with E-state index in [-0.39, 0.29) is 5.91 Å². The van der Waals surface area contributed by atoms with Gasteiger partial charge in [-0.1, -0.05) is 29.5 Å². The van der Waals surface area contributed by atoms with Crippen molar-refractivity contribution in [2.45, 2.75) is 6.42 Å². The Hall–Kier alpha value is -1.79. The molecule has 0 fully saturated rings. The van der Waals surface area contributed by atoms with Gasteiger partial charge in [-0.2, -0.15) is 0 Å². The number of carbonyl (C=O) groups excluding carboxylic acids is 1. The summed E-state index contributed by atoms with van der Waals surface area (Å²) in [7, 11) is 1.89. The van der Waals surface area contributed by atoms with Gasteiger partial charge in [0.15, 0.2) is 0 Å². The van der Waals surface area contributed by atoms with E-state index in [0.29, 0.717) is 10.7 Å². The Morgan fingerprint density at radius 1 is 1.39 bits per heavy atom. The van der Waals surface area contributed by atoms with Gasteiger partial charge < -0.3 is 5.32 Å². The maximum absolute atomic E-state index is 12.1. The smallest absolute Gasteiger partial charge is 0.257 e. The van der Waals surface area contributed by atoms with Crippen LogP contribution >= 0.6 is 11.3 Å². The summed E-state index contributed by atoms with van der Waals surface area (Å²) in [4.78, 5) is 12.1. The van der Waals surface area contributed by atoms with Gasteiger partial charge in [0.25, 0.3) is 5.91 Å². The molecule has 0 radical (unpaired) electrons. The Morgan fingerprint density at radius 3 is 2.94 bits per heavy atom. The van der Waals surface area contributed by atoms with Gasteiger partial charge in [0.1, 0.15) is 5.51 Å². The SMILES string of the molecule is CNCCc1ccccc1C(=O)Nc1nncs1. The van der Waals surface area contributed by atoms with Gasteiger partial charge >= 0.3 is 0 Å². The van der Waals surface area contributed by atoms with E-state index in [9.17, 15) is 4.79 Å². The zero-order chi connectivity index (χ0) is 12.8. The molecule has 0 aliphatic heterocycles. The van der Waals surface area contributed by atoms with E-state index in [4.69, 9.17) is 0 Å². The molecule has 0 saturated heterocycles. The molecule has 0 aliphatic rings. The van der Waals surface area contributed by atoms with Gasteiger partial charge in [0.2, 0.25) is 5.13 Å². The normalized spacial score (nSPS) is 10.3. The average molecular weight is 262 g/mol. The van der Waals surface area contributed by atoms with Crippen molar-refractivity contribution in [1.29, 1.82) is 0 Å². The molecule has 1 heterocycles. The Labute approximate surface area is 109 Å². The third kappa shape index (κ3) is 3.12. The lowest BCUT2D eigenvalue weighted by Crippen LogP contribution is -2.17. The van der Waals surface area contributed by atoms with Gasteiger partial charge in [-0.3, -0.25) is 10.1 Å². The van der Waals surface area contributed by atoms with Crippen LogP contribution in [0, 0.1) is 0 Å². The van der Waals surface area contributed by atoms with Crippen LogP contribution in [0.25, 0.3) is 0 Å². The molecule has 0 saturated carbocycles. The molecule has 94 valence electrons. The highest BCUT2D eigenvalue weighted by atomic mass is 32.1. The van der Waals surface area contributed by atoms with Crippen molar-refractivity contribution in [2.75, 3.05) is 18.9 Å². The first kappa shape index (κ1) is 12.7. The second kappa shape index (κ2) is 6.23. The molecule has 0 unspecified atom stereocenters. The molecule has 0 aliphatic carbocycles. The number of aromatic nitrogens is 2. The number of hydrogen-bond acceptors (Lipinski definition) is 5. The third-order valence-electron chi connectivity index (χ3n) is 2.49. The topological polar surface area (TPSA) is 66.9 Å². The Balaban J connectivity index is 2.13. The number of nitrogens with one attached hydrogen (secondary N) is 2. The molecule has 1 aromatic heterocycles. The van der Waals surface area contributed by atoms with Crippen LogP contribution in [0.3, 0.4) is 0 Å². The van der Waals surface area contributed by atoms with Crippen LogP contribution in [0.5, 0.6) is 0 Å². The second-order valence-corrected chi connectivity index (χ2v) is 4.54. The third-order valence-corrected chi connectivity index (χ3v) is 3.09. The fraction of sp³-hybridized carbons (Fsp3) is 0.250.